The highest BCUT2D eigenvalue weighted by Gasteiger charge is 2.45. The van der Waals surface area contributed by atoms with E-state index in [1.54, 1.807) is 0 Å². The molecule has 0 aliphatic rings. The van der Waals surface area contributed by atoms with Crippen LogP contribution in [0, 0.1) is 28.6 Å². The average molecular weight is 338 g/mol. The van der Waals surface area contributed by atoms with Crippen molar-refractivity contribution in [3.8, 4) is 0 Å². The zero-order valence-corrected chi connectivity index (χ0v) is 18.7. The minimum absolute atomic E-state index is 0.405. The molecule has 145 valence electrons. The highest BCUT2D eigenvalue weighted by Crippen LogP contribution is 2.55. The highest BCUT2D eigenvalue weighted by molar-refractivity contribution is 5.10. The van der Waals surface area contributed by atoms with Gasteiger partial charge in [-0.3, -0.25) is 0 Å². The molecule has 0 N–H and O–H groups in total. The second-order valence-electron chi connectivity index (χ2n) is 9.66. The van der Waals surface area contributed by atoms with E-state index in [2.05, 4.69) is 62.3 Å². The lowest BCUT2D eigenvalue weighted by Crippen LogP contribution is -2.41. The summed E-state index contributed by atoms with van der Waals surface area (Å²) < 4.78 is 0. The second kappa shape index (κ2) is 11.6. The lowest BCUT2D eigenvalue weighted by Gasteiger charge is -2.50. The van der Waals surface area contributed by atoms with Crippen LogP contribution in [-0.4, -0.2) is 0 Å². The van der Waals surface area contributed by atoms with Gasteiger partial charge in [-0.2, -0.15) is 0 Å². The molecule has 0 nitrogen and oxygen atoms in total. The van der Waals surface area contributed by atoms with Crippen molar-refractivity contribution in [2.75, 3.05) is 0 Å². The monoisotopic (exact) mass is 337 g/mol. The van der Waals surface area contributed by atoms with Gasteiger partial charge in [-0.1, -0.05) is 101 Å². The smallest absolute Gasteiger partial charge is 0.0177 e. The maximum absolute atomic E-state index is 2.60. The number of rotatable bonds is 14. The van der Waals surface area contributed by atoms with Crippen molar-refractivity contribution in [1.29, 1.82) is 0 Å². The molecule has 0 bridgehead atoms. The van der Waals surface area contributed by atoms with Crippen molar-refractivity contribution in [1.82, 2.24) is 0 Å². The lowest BCUT2D eigenvalue weighted by molar-refractivity contribution is 0.0676. The van der Waals surface area contributed by atoms with Gasteiger partial charge in [-0.15, -0.1) is 0 Å². The van der Waals surface area contributed by atoms with E-state index < -0.39 is 0 Å². The van der Waals surface area contributed by atoms with Crippen molar-refractivity contribution in [2.45, 2.75) is 127 Å². The van der Waals surface area contributed by atoms with Crippen LogP contribution in [-0.2, 0) is 0 Å². The van der Waals surface area contributed by atoms with E-state index in [1.165, 1.54) is 64.2 Å². The molecule has 0 spiro atoms. The summed E-state index contributed by atoms with van der Waals surface area (Å²) in [5, 5.41) is 0. The van der Waals surface area contributed by atoms with Crippen LogP contribution in [0.15, 0.2) is 0 Å². The normalized spacial score (nSPS) is 16.6. The Morgan fingerprint density at radius 3 is 1.83 bits per heavy atom. The molecular formula is C24H49. The van der Waals surface area contributed by atoms with E-state index in [-0.39, 0.29) is 0 Å². The topological polar surface area (TPSA) is 0 Å². The first kappa shape index (κ1) is 24.0. The van der Waals surface area contributed by atoms with Gasteiger partial charge in [0.15, 0.2) is 0 Å². The molecule has 2 unspecified atom stereocenters. The zero-order chi connectivity index (χ0) is 18.8. The minimum atomic E-state index is 0.405. The molecule has 0 heteroatoms. The van der Waals surface area contributed by atoms with E-state index in [0.717, 1.165) is 11.8 Å². The fourth-order valence-corrected chi connectivity index (χ4v) is 4.42. The summed E-state index contributed by atoms with van der Waals surface area (Å²) in [5.41, 5.74) is 0.822. The Bertz CT molecular complexity index is 301. The molecule has 0 fully saturated rings. The van der Waals surface area contributed by atoms with Crippen LogP contribution in [0.3, 0.4) is 0 Å². The van der Waals surface area contributed by atoms with Gasteiger partial charge >= 0.3 is 0 Å². The Labute approximate surface area is 155 Å². The summed E-state index contributed by atoms with van der Waals surface area (Å²) >= 11 is 0. The van der Waals surface area contributed by atoms with E-state index in [9.17, 15) is 0 Å². The van der Waals surface area contributed by atoms with Crippen molar-refractivity contribution in [3.05, 3.63) is 5.92 Å². The molecule has 0 saturated heterocycles. The Balaban J connectivity index is 5.29. The summed E-state index contributed by atoms with van der Waals surface area (Å²) in [6.45, 7) is 21.9. The summed E-state index contributed by atoms with van der Waals surface area (Å²) in [5.74, 6) is 3.59. The molecule has 0 aromatic heterocycles. The predicted molar refractivity (Wildman–Crippen MR) is 112 cm³/mol. The van der Waals surface area contributed by atoms with Crippen LogP contribution < -0.4 is 0 Å². The van der Waals surface area contributed by atoms with Gasteiger partial charge in [0.1, 0.15) is 0 Å². The molecule has 0 saturated carbocycles. The van der Waals surface area contributed by atoms with Crippen molar-refractivity contribution >= 4 is 0 Å². The van der Waals surface area contributed by atoms with Crippen LogP contribution in [0.1, 0.15) is 127 Å². The zero-order valence-electron chi connectivity index (χ0n) is 18.7. The second-order valence-corrected chi connectivity index (χ2v) is 9.66. The standard InChI is InChI=1S/C24H49/c1-10-18-23(7,8)24(9,19-11-2)22(15-13-14-20(4)5)17-16-21(6)12-3/h20-21H,10-19H2,1-9H3. The molecule has 0 aliphatic carbocycles. The van der Waals surface area contributed by atoms with E-state index >= 15 is 0 Å². The molecule has 0 aliphatic heterocycles. The molecule has 0 aromatic rings. The Morgan fingerprint density at radius 1 is 0.792 bits per heavy atom. The van der Waals surface area contributed by atoms with Gasteiger partial charge < -0.3 is 0 Å². The third-order valence-corrected chi connectivity index (χ3v) is 6.79. The summed E-state index contributed by atoms with van der Waals surface area (Å²) in [6, 6.07) is 0. The molecule has 0 aromatic carbocycles. The first-order chi connectivity index (χ1) is 11.1. The van der Waals surface area contributed by atoms with E-state index in [0.29, 0.717) is 10.8 Å². The third kappa shape index (κ3) is 7.49. The number of hydrogen-bond donors (Lipinski definition) is 0. The third-order valence-electron chi connectivity index (χ3n) is 6.79. The fourth-order valence-electron chi connectivity index (χ4n) is 4.42. The van der Waals surface area contributed by atoms with Crippen LogP contribution in [0.25, 0.3) is 0 Å². The van der Waals surface area contributed by atoms with Crippen molar-refractivity contribution < 1.29 is 0 Å². The Hall–Kier alpha value is 0. The van der Waals surface area contributed by atoms with Crippen LogP contribution in [0.5, 0.6) is 0 Å². The number of hydrogen-bond acceptors (Lipinski definition) is 0. The van der Waals surface area contributed by atoms with Crippen molar-refractivity contribution in [3.63, 3.8) is 0 Å². The van der Waals surface area contributed by atoms with Gasteiger partial charge in [0.2, 0.25) is 0 Å². The molecule has 0 rings (SSSR count). The Kier molecular flexibility index (Phi) is 11.6. The maximum Gasteiger partial charge on any atom is -0.0177 e. The van der Waals surface area contributed by atoms with Gasteiger partial charge in [0, 0.05) is 0 Å². The first-order valence-electron chi connectivity index (χ1n) is 11.0. The average Bonchev–Trinajstić information content (AvgIpc) is 2.49. The first-order valence-corrected chi connectivity index (χ1v) is 11.0. The van der Waals surface area contributed by atoms with E-state index in [1.807, 2.05) is 5.92 Å². The van der Waals surface area contributed by atoms with Gasteiger partial charge in [0.25, 0.3) is 0 Å². The van der Waals surface area contributed by atoms with Gasteiger partial charge in [0.05, 0.1) is 0 Å². The summed E-state index contributed by atoms with van der Waals surface area (Å²) in [4.78, 5) is 0. The predicted octanol–water partition coefficient (Wildman–Crippen LogP) is 8.85. The largest absolute Gasteiger partial charge is 0.0654 e. The molecule has 24 heavy (non-hydrogen) atoms. The Morgan fingerprint density at radius 2 is 1.38 bits per heavy atom. The van der Waals surface area contributed by atoms with Gasteiger partial charge in [-0.05, 0) is 54.3 Å². The fraction of sp³-hybridized carbons (Fsp3) is 0.958. The molecule has 0 amide bonds. The minimum Gasteiger partial charge on any atom is -0.0654 e. The molecule has 1 radical (unpaired) electrons. The van der Waals surface area contributed by atoms with Gasteiger partial charge in [-0.25, -0.2) is 0 Å². The van der Waals surface area contributed by atoms with Crippen LogP contribution in [0.2, 0.25) is 0 Å². The van der Waals surface area contributed by atoms with E-state index in [4.69, 9.17) is 0 Å². The molecule has 0 heterocycles. The quantitative estimate of drug-likeness (QED) is 0.297. The summed E-state index contributed by atoms with van der Waals surface area (Å²) in [7, 11) is 0. The molecular weight excluding hydrogens is 288 g/mol. The van der Waals surface area contributed by atoms with Crippen LogP contribution >= 0.6 is 0 Å². The molecule has 2 atom stereocenters. The maximum atomic E-state index is 2.60. The highest BCUT2D eigenvalue weighted by atomic mass is 14.5. The van der Waals surface area contributed by atoms with Crippen LogP contribution in [0.4, 0.5) is 0 Å². The summed E-state index contributed by atoms with van der Waals surface area (Å²) in [6.07, 6.45) is 13.5. The van der Waals surface area contributed by atoms with Crippen molar-refractivity contribution in [2.24, 2.45) is 22.7 Å². The lowest BCUT2D eigenvalue weighted by atomic mass is 9.54. The SMILES string of the molecule is CCCC(C)(C)C(C)(CCC)[C](CCCC(C)C)CCC(C)CC.